The maximum atomic E-state index is 9.69. The third kappa shape index (κ3) is 4.45. The summed E-state index contributed by atoms with van der Waals surface area (Å²) in [5.41, 5.74) is 0. The normalized spacial score (nSPS) is 28.4. The van der Waals surface area contributed by atoms with E-state index in [0.717, 1.165) is 25.9 Å². The van der Waals surface area contributed by atoms with E-state index in [0.29, 0.717) is 11.8 Å². The van der Waals surface area contributed by atoms with Crippen molar-refractivity contribution in [2.24, 2.45) is 5.92 Å². The van der Waals surface area contributed by atoms with Crippen molar-refractivity contribution in [3.63, 3.8) is 0 Å². The zero-order chi connectivity index (χ0) is 10.2. The molecule has 3 heteroatoms. The average molecular weight is 218 g/mol. The number of rotatable bonds is 5. The van der Waals surface area contributed by atoms with E-state index in [1.165, 1.54) is 12.8 Å². The average Bonchev–Trinajstić information content (AvgIpc) is 2.20. The van der Waals surface area contributed by atoms with Crippen LogP contribution < -0.4 is 5.32 Å². The van der Waals surface area contributed by atoms with Crippen LogP contribution in [0.4, 0.5) is 0 Å². The third-order valence-electron chi connectivity index (χ3n) is 2.79. The third-order valence-corrected chi connectivity index (χ3v) is 2.97. The molecule has 1 rings (SSSR count). The first-order valence-corrected chi connectivity index (χ1v) is 5.97. The van der Waals surface area contributed by atoms with Gasteiger partial charge in [0, 0.05) is 19.0 Å². The molecule has 1 aliphatic rings. The highest BCUT2D eigenvalue weighted by atomic mass is 35.5. The zero-order valence-electron chi connectivity index (χ0n) is 8.58. The summed E-state index contributed by atoms with van der Waals surface area (Å²) in [6, 6.07) is 0. The Morgan fingerprint density at radius 1 is 1.29 bits per heavy atom. The van der Waals surface area contributed by atoms with Gasteiger partial charge in [-0.1, -0.05) is 25.0 Å². The molecule has 2 N–H and O–H groups in total. The van der Waals surface area contributed by atoms with Crippen LogP contribution in [-0.2, 0) is 0 Å². The second-order valence-electron chi connectivity index (χ2n) is 3.90. The summed E-state index contributed by atoms with van der Waals surface area (Å²) >= 11 is 5.50. The van der Waals surface area contributed by atoms with Crippen LogP contribution >= 0.6 is 11.6 Å². The summed E-state index contributed by atoms with van der Waals surface area (Å²) in [6.45, 7) is 1.78. The number of halogens is 1. The Kier molecular flexibility index (Phi) is 6.24. The van der Waals surface area contributed by atoms with E-state index in [2.05, 4.69) is 5.32 Å². The van der Waals surface area contributed by atoms with Gasteiger partial charge in [0.25, 0.3) is 0 Å². The van der Waals surface area contributed by atoms with Crippen molar-refractivity contribution in [3.05, 3.63) is 12.2 Å². The molecule has 2 nitrogen and oxygen atoms in total. The standard InChI is InChI=1S/C11H20ClNO/c12-7-3-4-8-13-9-10-5-1-2-6-11(10)14/h3-4,10-11,13-14H,1-2,5-9H2/b4-3+. The minimum absolute atomic E-state index is 0.0896. The molecule has 0 amide bonds. The van der Waals surface area contributed by atoms with Crippen molar-refractivity contribution in [3.8, 4) is 0 Å². The van der Waals surface area contributed by atoms with E-state index in [-0.39, 0.29) is 6.10 Å². The summed E-state index contributed by atoms with van der Waals surface area (Å²) in [5.74, 6) is 1.03. The quantitative estimate of drug-likeness (QED) is 0.419. The molecule has 0 aromatic carbocycles. The van der Waals surface area contributed by atoms with E-state index in [1.54, 1.807) is 0 Å². The molecule has 1 aliphatic carbocycles. The Morgan fingerprint density at radius 3 is 2.79 bits per heavy atom. The Balaban J connectivity index is 2.07. The molecule has 0 saturated heterocycles. The number of aliphatic hydroxyl groups is 1. The van der Waals surface area contributed by atoms with Crippen LogP contribution in [0.5, 0.6) is 0 Å². The fourth-order valence-corrected chi connectivity index (χ4v) is 2.05. The lowest BCUT2D eigenvalue weighted by atomic mass is 9.86. The van der Waals surface area contributed by atoms with Crippen molar-refractivity contribution in [2.75, 3.05) is 19.0 Å². The van der Waals surface area contributed by atoms with Crippen molar-refractivity contribution in [1.82, 2.24) is 5.32 Å². The predicted octanol–water partition coefficient (Wildman–Crippen LogP) is 1.92. The summed E-state index contributed by atoms with van der Waals surface area (Å²) in [4.78, 5) is 0. The maximum absolute atomic E-state index is 9.69. The predicted molar refractivity (Wildman–Crippen MR) is 60.7 cm³/mol. The number of aliphatic hydroxyl groups excluding tert-OH is 1. The van der Waals surface area contributed by atoms with Crippen LogP contribution in [0.2, 0.25) is 0 Å². The number of hydrogen-bond donors (Lipinski definition) is 2. The second kappa shape index (κ2) is 7.27. The van der Waals surface area contributed by atoms with Gasteiger partial charge in [-0.3, -0.25) is 0 Å². The van der Waals surface area contributed by atoms with Gasteiger partial charge in [0.05, 0.1) is 6.10 Å². The van der Waals surface area contributed by atoms with Gasteiger partial charge in [0.15, 0.2) is 0 Å². The molecule has 0 aromatic heterocycles. The Labute approximate surface area is 91.3 Å². The van der Waals surface area contributed by atoms with Gasteiger partial charge in [0.1, 0.15) is 0 Å². The summed E-state index contributed by atoms with van der Waals surface area (Å²) in [7, 11) is 0. The summed E-state index contributed by atoms with van der Waals surface area (Å²) < 4.78 is 0. The Hall–Kier alpha value is -0.0500. The minimum Gasteiger partial charge on any atom is -0.393 e. The van der Waals surface area contributed by atoms with E-state index in [9.17, 15) is 5.11 Å². The molecule has 0 bridgehead atoms. The lowest BCUT2D eigenvalue weighted by Crippen LogP contribution is -2.33. The van der Waals surface area contributed by atoms with Crippen LogP contribution in [0.1, 0.15) is 25.7 Å². The molecule has 0 aliphatic heterocycles. The highest BCUT2D eigenvalue weighted by molar-refractivity contribution is 6.18. The fourth-order valence-electron chi connectivity index (χ4n) is 1.92. The van der Waals surface area contributed by atoms with E-state index in [4.69, 9.17) is 11.6 Å². The smallest absolute Gasteiger partial charge is 0.0580 e. The first-order chi connectivity index (χ1) is 6.84. The van der Waals surface area contributed by atoms with Gasteiger partial charge >= 0.3 is 0 Å². The second-order valence-corrected chi connectivity index (χ2v) is 4.20. The highest BCUT2D eigenvalue weighted by Gasteiger charge is 2.21. The molecule has 0 heterocycles. The molecular weight excluding hydrogens is 198 g/mol. The van der Waals surface area contributed by atoms with Gasteiger partial charge in [-0.2, -0.15) is 0 Å². The molecule has 0 spiro atoms. The summed E-state index contributed by atoms with van der Waals surface area (Å²) in [5, 5.41) is 13.0. The molecule has 1 saturated carbocycles. The van der Waals surface area contributed by atoms with Crippen LogP contribution in [0.3, 0.4) is 0 Å². The lowest BCUT2D eigenvalue weighted by Gasteiger charge is -2.27. The molecule has 2 unspecified atom stereocenters. The molecule has 2 atom stereocenters. The van der Waals surface area contributed by atoms with E-state index < -0.39 is 0 Å². The highest BCUT2D eigenvalue weighted by Crippen LogP contribution is 2.23. The summed E-state index contributed by atoms with van der Waals surface area (Å²) in [6.07, 6.45) is 8.46. The van der Waals surface area contributed by atoms with Crippen LogP contribution in [0.15, 0.2) is 12.2 Å². The van der Waals surface area contributed by atoms with Crippen LogP contribution in [-0.4, -0.2) is 30.2 Å². The molecule has 14 heavy (non-hydrogen) atoms. The van der Waals surface area contributed by atoms with Crippen molar-refractivity contribution in [1.29, 1.82) is 0 Å². The maximum Gasteiger partial charge on any atom is 0.0580 e. The van der Waals surface area contributed by atoms with E-state index >= 15 is 0 Å². The first kappa shape index (κ1) is 12.0. The van der Waals surface area contributed by atoms with Gasteiger partial charge < -0.3 is 10.4 Å². The number of allylic oxidation sites excluding steroid dienone is 1. The first-order valence-electron chi connectivity index (χ1n) is 5.44. The number of alkyl halides is 1. The van der Waals surface area contributed by atoms with Gasteiger partial charge in [-0.25, -0.2) is 0 Å². The molecule has 0 aromatic rings. The SMILES string of the molecule is OC1CCCCC1CNC/C=C/CCl. The zero-order valence-corrected chi connectivity index (χ0v) is 9.34. The largest absolute Gasteiger partial charge is 0.393 e. The Morgan fingerprint density at radius 2 is 2.07 bits per heavy atom. The van der Waals surface area contributed by atoms with E-state index in [1.807, 2.05) is 12.2 Å². The monoisotopic (exact) mass is 217 g/mol. The lowest BCUT2D eigenvalue weighted by molar-refractivity contribution is 0.0702. The molecule has 82 valence electrons. The minimum atomic E-state index is -0.0896. The van der Waals surface area contributed by atoms with Crippen molar-refractivity contribution in [2.45, 2.75) is 31.8 Å². The Bertz CT molecular complexity index is 173. The molecule has 1 fully saturated rings. The van der Waals surface area contributed by atoms with Crippen molar-refractivity contribution >= 4 is 11.6 Å². The number of hydrogen-bond acceptors (Lipinski definition) is 2. The van der Waals surface area contributed by atoms with Gasteiger partial charge in [0.2, 0.25) is 0 Å². The molecular formula is C11H20ClNO. The van der Waals surface area contributed by atoms with Gasteiger partial charge in [-0.05, 0) is 18.8 Å². The molecule has 0 radical (unpaired) electrons. The van der Waals surface area contributed by atoms with Crippen LogP contribution in [0.25, 0.3) is 0 Å². The van der Waals surface area contributed by atoms with Crippen molar-refractivity contribution < 1.29 is 5.11 Å². The van der Waals surface area contributed by atoms with Gasteiger partial charge in [-0.15, -0.1) is 11.6 Å². The number of nitrogens with one attached hydrogen (secondary N) is 1. The fraction of sp³-hybridized carbons (Fsp3) is 0.818. The van der Waals surface area contributed by atoms with Crippen LogP contribution in [0, 0.1) is 5.92 Å². The topological polar surface area (TPSA) is 32.3 Å².